The van der Waals surface area contributed by atoms with Crippen LogP contribution in [0.15, 0.2) is 192 Å². The Hall–Kier alpha value is -6.39. The first-order valence-corrected chi connectivity index (χ1v) is 16.3. The highest BCUT2D eigenvalue weighted by atomic mass is 16.5. The van der Waals surface area contributed by atoms with E-state index in [0.717, 1.165) is 62.4 Å². The molecule has 233 valence electrons. The summed E-state index contributed by atoms with van der Waals surface area (Å²) in [5, 5.41) is 17.8. The number of benzene rings is 5. The molecular formula is C45H32N3O. The van der Waals surface area contributed by atoms with Gasteiger partial charge in [0.2, 0.25) is 5.90 Å². The van der Waals surface area contributed by atoms with E-state index < -0.39 is 0 Å². The van der Waals surface area contributed by atoms with Crippen LogP contribution in [0.2, 0.25) is 0 Å². The summed E-state index contributed by atoms with van der Waals surface area (Å²) in [6.45, 7) is 4.08. The maximum Gasteiger partial charge on any atom is 0.219 e. The van der Waals surface area contributed by atoms with Crippen molar-refractivity contribution >= 4 is 28.7 Å². The lowest BCUT2D eigenvalue weighted by atomic mass is 9.96. The van der Waals surface area contributed by atoms with E-state index in [2.05, 4.69) is 108 Å². The Labute approximate surface area is 286 Å². The van der Waals surface area contributed by atoms with Gasteiger partial charge in [0.05, 0.1) is 17.3 Å². The number of hydrogen-bond acceptors (Lipinski definition) is 4. The summed E-state index contributed by atoms with van der Waals surface area (Å²) < 4.78 is 5.83. The van der Waals surface area contributed by atoms with Crippen molar-refractivity contribution < 1.29 is 4.74 Å². The van der Waals surface area contributed by atoms with E-state index in [1.54, 1.807) is 0 Å². The molecule has 0 atom stereocenters. The molecule has 0 aromatic heterocycles. The van der Waals surface area contributed by atoms with Gasteiger partial charge >= 0.3 is 0 Å². The van der Waals surface area contributed by atoms with Gasteiger partial charge in [0.25, 0.3) is 0 Å². The molecule has 4 heteroatoms. The molecule has 0 spiro atoms. The van der Waals surface area contributed by atoms with E-state index in [-0.39, 0.29) is 5.90 Å². The monoisotopic (exact) mass is 630 g/mol. The van der Waals surface area contributed by atoms with Gasteiger partial charge in [-0.1, -0.05) is 158 Å². The lowest BCUT2D eigenvalue weighted by Gasteiger charge is -2.13. The zero-order chi connectivity index (χ0) is 33.2. The van der Waals surface area contributed by atoms with Gasteiger partial charge in [-0.3, -0.25) is 5.41 Å². The Morgan fingerprint density at radius 1 is 0.531 bits per heavy atom. The molecule has 4 nitrogen and oxygen atoms in total. The summed E-state index contributed by atoms with van der Waals surface area (Å²) >= 11 is 0. The predicted molar refractivity (Wildman–Crippen MR) is 202 cm³/mol. The van der Waals surface area contributed by atoms with E-state index in [0.29, 0.717) is 11.3 Å². The van der Waals surface area contributed by atoms with Gasteiger partial charge in [-0.25, -0.2) is 0 Å². The normalized spacial score (nSPS) is 15.1. The maximum absolute atomic E-state index is 8.48. The zero-order valence-electron chi connectivity index (χ0n) is 26.8. The topological polar surface area (TPSA) is 57.8 Å². The van der Waals surface area contributed by atoms with Gasteiger partial charge in [-0.05, 0) is 63.1 Å². The molecule has 1 aliphatic heterocycles. The molecule has 1 N–H and O–H groups in total. The molecule has 5 aromatic carbocycles. The van der Waals surface area contributed by atoms with E-state index in [1.165, 1.54) is 17.1 Å². The zero-order valence-corrected chi connectivity index (χ0v) is 26.8. The predicted octanol–water partition coefficient (Wildman–Crippen LogP) is 10.7. The molecule has 0 saturated heterocycles. The summed E-state index contributed by atoms with van der Waals surface area (Å²) in [5.41, 5.74) is 13.5. The molecule has 1 heterocycles. The number of allylic oxidation sites excluding steroid dienone is 8. The summed E-state index contributed by atoms with van der Waals surface area (Å²) in [6.07, 6.45) is 11.8. The lowest BCUT2D eigenvalue weighted by Crippen LogP contribution is -2.13. The van der Waals surface area contributed by atoms with Crippen LogP contribution in [-0.4, -0.2) is 17.3 Å². The third-order valence-electron chi connectivity index (χ3n) is 8.93. The number of rotatable bonds is 8. The summed E-state index contributed by atoms with van der Waals surface area (Å²) in [4.78, 5) is 0. The maximum atomic E-state index is 8.48. The van der Waals surface area contributed by atoms with Crippen LogP contribution in [0.25, 0.3) is 33.6 Å². The van der Waals surface area contributed by atoms with E-state index in [1.807, 2.05) is 72.8 Å². The third kappa shape index (κ3) is 6.32. The number of nitrogens with one attached hydrogen (secondary N) is 1. The van der Waals surface area contributed by atoms with Crippen LogP contribution < -0.4 is 0 Å². The van der Waals surface area contributed by atoms with E-state index in [4.69, 9.17) is 10.1 Å². The van der Waals surface area contributed by atoms with Gasteiger partial charge in [0, 0.05) is 16.7 Å². The highest BCUT2D eigenvalue weighted by Gasteiger charge is 2.39. The second kappa shape index (κ2) is 13.0. The molecule has 0 saturated carbocycles. The smallest absolute Gasteiger partial charge is 0.219 e. The highest BCUT2D eigenvalue weighted by Crippen LogP contribution is 2.42. The summed E-state index contributed by atoms with van der Waals surface area (Å²) in [7, 11) is 0. The van der Waals surface area contributed by atoms with Crippen LogP contribution in [-0.2, 0) is 4.74 Å². The van der Waals surface area contributed by atoms with Crippen molar-refractivity contribution in [2.75, 3.05) is 0 Å². The van der Waals surface area contributed by atoms with Gasteiger partial charge in [-0.15, -0.1) is 5.10 Å². The second-order valence-electron chi connectivity index (χ2n) is 12.1. The number of ether oxygens (including phenoxy) is 1. The minimum absolute atomic E-state index is 0.0640. The van der Waals surface area contributed by atoms with Crippen molar-refractivity contribution in [1.82, 2.24) is 0 Å². The van der Waals surface area contributed by atoms with Crippen molar-refractivity contribution in [3.63, 3.8) is 0 Å². The number of nitrogens with zero attached hydrogens (tertiary/aromatic N) is 2. The van der Waals surface area contributed by atoms with Crippen LogP contribution in [0, 0.1) is 11.3 Å². The molecular weight excluding hydrogens is 599 g/mol. The van der Waals surface area contributed by atoms with Gasteiger partial charge < -0.3 is 4.74 Å². The van der Waals surface area contributed by atoms with Gasteiger partial charge in [-0.2, -0.15) is 5.10 Å². The Kier molecular flexibility index (Phi) is 7.96. The van der Waals surface area contributed by atoms with Crippen LogP contribution in [0.1, 0.15) is 28.7 Å². The quantitative estimate of drug-likeness (QED) is 0.104. The molecule has 3 aliphatic rings. The fourth-order valence-electron chi connectivity index (χ4n) is 6.14. The standard InChI is InChI=1S/C45H32N3O/c1-30(49-45(46)40-27-22-35(23-28-40)33-11-6-3-7-12-33)31-15-17-36(18-16-31)37-20-25-39(26-21-37)44-42-29-41(42)43(47-48-44)38-14-8-13-34(19-24-38)32-9-4-2-5-10-32/h2-7,9-29,46H,1,8H2. The van der Waals surface area contributed by atoms with Crippen LogP contribution in [0.3, 0.4) is 0 Å². The van der Waals surface area contributed by atoms with Crippen LogP contribution >= 0.6 is 0 Å². The summed E-state index contributed by atoms with van der Waals surface area (Å²) in [6, 6.07) is 44.9. The Bertz CT molecular complexity index is 2250. The van der Waals surface area contributed by atoms with Crippen LogP contribution in [0.4, 0.5) is 0 Å². The molecule has 0 fully saturated rings. The first-order chi connectivity index (χ1) is 24.1. The molecule has 8 rings (SSSR count). The van der Waals surface area contributed by atoms with Gasteiger partial charge in [0.15, 0.2) is 0 Å². The fourth-order valence-corrected chi connectivity index (χ4v) is 6.14. The molecule has 2 aliphatic carbocycles. The molecule has 0 bridgehead atoms. The second-order valence-corrected chi connectivity index (χ2v) is 12.1. The minimum atomic E-state index is 0.0640. The Morgan fingerprint density at radius 3 is 1.67 bits per heavy atom. The van der Waals surface area contributed by atoms with Crippen molar-refractivity contribution in [3.8, 4) is 22.3 Å². The molecule has 1 radical (unpaired) electrons. The molecule has 0 unspecified atom stereocenters. The Balaban J connectivity index is 0.905. The minimum Gasteiger partial charge on any atom is -0.439 e. The first-order valence-electron chi connectivity index (χ1n) is 16.3. The summed E-state index contributed by atoms with van der Waals surface area (Å²) in [5.74, 6) is 1.67. The van der Waals surface area contributed by atoms with E-state index >= 15 is 0 Å². The Morgan fingerprint density at radius 2 is 1.02 bits per heavy atom. The number of hydrogen-bond donors (Lipinski definition) is 1. The van der Waals surface area contributed by atoms with Gasteiger partial charge in [0.1, 0.15) is 5.76 Å². The fraction of sp³-hybridized carbons (Fsp3) is 0.0222. The van der Waals surface area contributed by atoms with Crippen LogP contribution in [0.5, 0.6) is 0 Å². The van der Waals surface area contributed by atoms with Crippen molar-refractivity contribution in [1.29, 1.82) is 5.41 Å². The van der Waals surface area contributed by atoms with Crippen molar-refractivity contribution in [2.45, 2.75) is 6.42 Å². The average molecular weight is 631 g/mol. The molecule has 5 aromatic rings. The first kappa shape index (κ1) is 30.0. The van der Waals surface area contributed by atoms with E-state index in [9.17, 15) is 0 Å². The lowest BCUT2D eigenvalue weighted by molar-refractivity contribution is 0.506. The number of fused-ring (bicyclic) bond motifs is 1. The molecule has 49 heavy (non-hydrogen) atoms. The highest BCUT2D eigenvalue weighted by molar-refractivity contribution is 6.33. The van der Waals surface area contributed by atoms with Crippen molar-refractivity contribution in [3.05, 3.63) is 210 Å². The molecule has 0 amide bonds. The largest absolute Gasteiger partial charge is 0.439 e. The average Bonchev–Trinajstić information content (AvgIpc) is 4.00. The SMILES string of the molecule is C=C(OC(=N)c1ccc(-c2ccccc2)cc1)c1ccc(-c2ccc(C3=NN=C(C4=CCC=C(c5ccccc5)C=C4)[C]4C=C43)cc2)cc1. The van der Waals surface area contributed by atoms with Crippen molar-refractivity contribution in [2.24, 2.45) is 10.2 Å². The third-order valence-corrected chi connectivity index (χ3v) is 8.93.